The van der Waals surface area contributed by atoms with Gasteiger partial charge in [0.15, 0.2) is 0 Å². The molecule has 1 atom stereocenters. The summed E-state index contributed by atoms with van der Waals surface area (Å²) in [6.07, 6.45) is 1.26. The van der Waals surface area contributed by atoms with Crippen molar-refractivity contribution in [3.05, 3.63) is 10.0 Å². The molecule has 2 heterocycles. The van der Waals surface area contributed by atoms with Gasteiger partial charge in [-0.1, -0.05) is 18.3 Å². The average molecular weight is 297 g/mol. The van der Waals surface area contributed by atoms with E-state index in [-0.39, 0.29) is 24.7 Å². The number of aromatic nitrogens is 2. The lowest BCUT2D eigenvalue weighted by molar-refractivity contribution is -0.122. The summed E-state index contributed by atoms with van der Waals surface area (Å²) in [5, 5.41) is 16.9. The standard InChI is InChI=1S/C11H15N5O3S/c1-2-8-15-16-9(20-8)5-12-7(17)4-3-6-10(18)14-11(19)13-6/h6H,2-5H2,1H3,(H,12,17)(H2,13,14,18,19)/t6-/m1/s1. The first kappa shape index (κ1) is 14.4. The van der Waals surface area contributed by atoms with Crippen molar-refractivity contribution >= 4 is 29.2 Å². The molecule has 0 unspecified atom stereocenters. The molecule has 4 amide bonds. The van der Waals surface area contributed by atoms with E-state index in [1.165, 1.54) is 11.3 Å². The Morgan fingerprint density at radius 3 is 2.70 bits per heavy atom. The Hall–Kier alpha value is -2.03. The molecule has 0 aromatic carbocycles. The highest BCUT2D eigenvalue weighted by atomic mass is 32.1. The molecule has 0 spiro atoms. The maximum absolute atomic E-state index is 11.6. The Labute approximate surface area is 119 Å². The zero-order valence-corrected chi connectivity index (χ0v) is 11.7. The van der Waals surface area contributed by atoms with Crippen LogP contribution in [0.25, 0.3) is 0 Å². The number of hydrogen-bond acceptors (Lipinski definition) is 6. The molecule has 1 aromatic heterocycles. The van der Waals surface area contributed by atoms with Crippen molar-refractivity contribution in [2.75, 3.05) is 0 Å². The SMILES string of the molecule is CCc1nnc(CNC(=O)CC[C@H]2NC(=O)NC2=O)s1. The van der Waals surface area contributed by atoms with Crippen LogP contribution >= 0.6 is 11.3 Å². The fourth-order valence-electron chi connectivity index (χ4n) is 1.70. The number of nitrogens with one attached hydrogen (secondary N) is 3. The Balaban J connectivity index is 1.70. The zero-order valence-electron chi connectivity index (χ0n) is 10.9. The van der Waals surface area contributed by atoms with E-state index in [9.17, 15) is 14.4 Å². The van der Waals surface area contributed by atoms with E-state index in [4.69, 9.17) is 0 Å². The van der Waals surface area contributed by atoms with Crippen molar-refractivity contribution in [3.63, 3.8) is 0 Å². The number of nitrogens with zero attached hydrogens (tertiary/aromatic N) is 2. The summed E-state index contributed by atoms with van der Waals surface area (Å²) in [6, 6.07) is -1.14. The van der Waals surface area contributed by atoms with Gasteiger partial charge in [0, 0.05) is 6.42 Å². The van der Waals surface area contributed by atoms with Gasteiger partial charge >= 0.3 is 6.03 Å². The fourth-order valence-corrected chi connectivity index (χ4v) is 2.43. The van der Waals surface area contributed by atoms with E-state index >= 15 is 0 Å². The summed E-state index contributed by atoms with van der Waals surface area (Å²) in [7, 11) is 0. The van der Waals surface area contributed by atoms with E-state index in [1.807, 2.05) is 6.92 Å². The third-order valence-electron chi connectivity index (χ3n) is 2.77. The lowest BCUT2D eigenvalue weighted by Crippen LogP contribution is -2.31. The summed E-state index contributed by atoms with van der Waals surface area (Å²) in [6.45, 7) is 2.32. The smallest absolute Gasteiger partial charge is 0.322 e. The van der Waals surface area contributed by atoms with E-state index in [0.29, 0.717) is 6.54 Å². The third kappa shape index (κ3) is 3.73. The highest BCUT2D eigenvalue weighted by molar-refractivity contribution is 7.11. The normalized spacial score (nSPS) is 17.8. The predicted octanol–water partition coefficient (Wildman–Crippen LogP) is -0.295. The van der Waals surface area contributed by atoms with Crippen molar-refractivity contribution in [3.8, 4) is 0 Å². The number of carbonyl (C=O) groups excluding carboxylic acids is 3. The van der Waals surface area contributed by atoms with Gasteiger partial charge in [-0.2, -0.15) is 0 Å². The van der Waals surface area contributed by atoms with Crippen LogP contribution in [0, 0.1) is 0 Å². The van der Waals surface area contributed by atoms with Crippen LogP contribution in [0.3, 0.4) is 0 Å². The monoisotopic (exact) mass is 297 g/mol. The van der Waals surface area contributed by atoms with Gasteiger partial charge in [-0.05, 0) is 12.8 Å². The van der Waals surface area contributed by atoms with Gasteiger partial charge in [0.1, 0.15) is 16.1 Å². The molecule has 1 saturated heterocycles. The van der Waals surface area contributed by atoms with Crippen LogP contribution in [0.2, 0.25) is 0 Å². The lowest BCUT2D eigenvalue weighted by atomic mass is 10.1. The van der Waals surface area contributed by atoms with Gasteiger partial charge in [0.2, 0.25) is 5.91 Å². The molecule has 1 aliphatic rings. The molecule has 1 aliphatic heterocycles. The van der Waals surface area contributed by atoms with E-state index in [1.54, 1.807) is 0 Å². The Morgan fingerprint density at radius 1 is 1.35 bits per heavy atom. The van der Waals surface area contributed by atoms with Crippen molar-refractivity contribution in [1.29, 1.82) is 0 Å². The van der Waals surface area contributed by atoms with Gasteiger partial charge in [0.25, 0.3) is 5.91 Å². The Bertz CT molecular complexity index is 530. The predicted molar refractivity (Wildman–Crippen MR) is 70.8 cm³/mol. The van der Waals surface area contributed by atoms with Crippen LogP contribution in [0.15, 0.2) is 0 Å². The van der Waals surface area contributed by atoms with Crippen LogP contribution in [0.1, 0.15) is 29.8 Å². The van der Waals surface area contributed by atoms with Crippen LogP contribution in [-0.2, 0) is 22.6 Å². The first-order chi connectivity index (χ1) is 9.58. The quantitative estimate of drug-likeness (QED) is 0.624. The largest absolute Gasteiger partial charge is 0.350 e. The molecule has 1 fully saturated rings. The van der Waals surface area contributed by atoms with Crippen molar-refractivity contribution in [2.45, 2.75) is 38.8 Å². The molecule has 0 radical (unpaired) electrons. The number of aryl methyl sites for hydroxylation is 1. The first-order valence-corrected chi connectivity index (χ1v) is 7.09. The van der Waals surface area contributed by atoms with Crippen LogP contribution in [-0.4, -0.2) is 34.1 Å². The van der Waals surface area contributed by atoms with Gasteiger partial charge < -0.3 is 10.6 Å². The number of hydrogen-bond donors (Lipinski definition) is 3. The van der Waals surface area contributed by atoms with Gasteiger partial charge in [-0.3, -0.25) is 14.9 Å². The summed E-state index contributed by atoms with van der Waals surface area (Å²) in [5.74, 6) is -0.577. The minimum Gasteiger partial charge on any atom is -0.350 e. The van der Waals surface area contributed by atoms with Crippen LogP contribution < -0.4 is 16.0 Å². The number of imide groups is 1. The fraction of sp³-hybridized carbons (Fsp3) is 0.545. The molecule has 0 bridgehead atoms. The highest BCUT2D eigenvalue weighted by Gasteiger charge is 2.29. The van der Waals surface area contributed by atoms with Gasteiger partial charge in [-0.25, -0.2) is 4.79 Å². The Morgan fingerprint density at radius 2 is 2.10 bits per heavy atom. The van der Waals surface area contributed by atoms with Crippen LogP contribution in [0.4, 0.5) is 4.79 Å². The minimum absolute atomic E-state index is 0.164. The van der Waals surface area contributed by atoms with E-state index in [0.717, 1.165) is 16.4 Å². The molecular weight excluding hydrogens is 282 g/mol. The second-order valence-corrected chi connectivity index (χ2v) is 5.42. The molecule has 108 valence electrons. The van der Waals surface area contributed by atoms with E-state index in [2.05, 4.69) is 26.1 Å². The minimum atomic E-state index is -0.624. The third-order valence-corrected chi connectivity index (χ3v) is 3.83. The van der Waals surface area contributed by atoms with E-state index < -0.39 is 12.1 Å². The second-order valence-electron chi connectivity index (χ2n) is 4.27. The highest BCUT2D eigenvalue weighted by Crippen LogP contribution is 2.09. The molecular formula is C11H15N5O3S. The maximum Gasteiger partial charge on any atom is 0.322 e. The number of urea groups is 1. The van der Waals surface area contributed by atoms with Crippen molar-refractivity contribution in [2.24, 2.45) is 0 Å². The molecule has 20 heavy (non-hydrogen) atoms. The molecule has 1 aromatic rings. The van der Waals surface area contributed by atoms with Gasteiger partial charge in [-0.15, -0.1) is 10.2 Å². The van der Waals surface area contributed by atoms with Gasteiger partial charge in [0.05, 0.1) is 6.54 Å². The molecule has 9 heteroatoms. The zero-order chi connectivity index (χ0) is 14.5. The number of carbonyl (C=O) groups is 3. The Kier molecular flexibility index (Phi) is 4.61. The molecule has 0 saturated carbocycles. The first-order valence-electron chi connectivity index (χ1n) is 6.27. The summed E-state index contributed by atoms with van der Waals surface area (Å²) in [5.41, 5.74) is 0. The molecule has 3 N–H and O–H groups in total. The van der Waals surface area contributed by atoms with Crippen molar-refractivity contribution < 1.29 is 14.4 Å². The van der Waals surface area contributed by atoms with Crippen molar-refractivity contribution in [1.82, 2.24) is 26.1 Å². The molecule has 2 rings (SSSR count). The summed E-state index contributed by atoms with van der Waals surface area (Å²) < 4.78 is 0. The molecule has 8 nitrogen and oxygen atoms in total. The number of rotatable bonds is 6. The second kappa shape index (κ2) is 6.42. The van der Waals surface area contributed by atoms with Crippen LogP contribution in [0.5, 0.6) is 0 Å². The number of amides is 4. The average Bonchev–Trinajstić information content (AvgIpc) is 3.00. The topological polar surface area (TPSA) is 113 Å². The molecule has 0 aliphatic carbocycles. The lowest BCUT2D eigenvalue weighted by Gasteiger charge is -2.06. The maximum atomic E-state index is 11.6. The summed E-state index contributed by atoms with van der Waals surface area (Å²) >= 11 is 1.46. The summed E-state index contributed by atoms with van der Waals surface area (Å²) in [4.78, 5) is 33.8.